The molecule has 0 amide bonds. The lowest BCUT2D eigenvalue weighted by atomic mass is 10.1. The maximum absolute atomic E-state index is 10.7. The second-order valence-electron chi connectivity index (χ2n) is 3.43. The molecule has 1 N–H and O–H groups in total. The van der Waals surface area contributed by atoms with Gasteiger partial charge in [-0.1, -0.05) is 0 Å². The van der Waals surface area contributed by atoms with Crippen LogP contribution in [0.25, 0.3) is 16.8 Å². The summed E-state index contributed by atoms with van der Waals surface area (Å²) in [5.41, 5.74) is 3.32. The summed E-state index contributed by atoms with van der Waals surface area (Å²) in [6.07, 6.45) is 7.73. The minimum absolute atomic E-state index is 0.550. The van der Waals surface area contributed by atoms with Crippen LogP contribution in [-0.4, -0.2) is 25.9 Å². The Labute approximate surface area is 90.8 Å². The highest BCUT2D eigenvalue weighted by Gasteiger charge is 2.04. The van der Waals surface area contributed by atoms with E-state index in [1.165, 1.54) is 0 Å². The number of fused-ring (bicyclic) bond motifs is 1. The van der Waals surface area contributed by atoms with Crippen molar-refractivity contribution >= 4 is 11.9 Å². The number of aromatic nitrogens is 4. The Balaban J connectivity index is 2.21. The molecule has 0 aliphatic heterocycles. The van der Waals surface area contributed by atoms with Crippen molar-refractivity contribution in [2.45, 2.75) is 0 Å². The van der Waals surface area contributed by atoms with E-state index in [0.717, 1.165) is 23.1 Å². The van der Waals surface area contributed by atoms with E-state index in [9.17, 15) is 4.79 Å². The molecule has 5 nitrogen and oxygen atoms in total. The standard InChI is InChI=1S/C11H8N4O/c16-7-10-6-12-11-3-8(1-2-15(10)11)9-4-13-14-5-9/h1-7H,(H,13,14). The van der Waals surface area contributed by atoms with E-state index < -0.39 is 0 Å². The molecule has 0 spiro atoms. The lowest BCUT2D eigenvalue weighted by Crippen LogP contribution is -1.90. The Kier molecular flexibility index (Phi) is 1.83. The predicted octanol–water partition coefficient (Wildman–Crippen LogP) is 1.54. The average Bonchev–Trinajstić information content (AvgIpc) is 2.97. The lowest BCUT2D eigenvalue weighted by Gasteiger charge is -1.99. The third-order valence-corrected chi connectivity index (χ3v) is 2.49. The molecule has 0 radical (unpaired) electrons. The number of hydrogen-bond donors (Lipinski definition) is 1. The van der Waals surface area contributed by atoms with E-state index in [-0.39, 0.29) is 0 Å². The van der Waals surface area contributed by atoms with Crippen molar-refractivity contribution in [1.82, 2.24) is 19.6 Å². The predicted molar refractivity (Wildman–Crippen MR) is 58.2 cm³/mol. The molecule has 3 aromatic rings. The molecule has 0 unspecified atom stereocenters. The summed E-state index contributed by atoms with van der Waals surface area (Å²) in [4.78, 5) is 14.9. The number of carbonyl (C=O) groups excluding carboxylic acids is 1. The SMILES string of the molecule is O=Cc1cnc2cc(-c3cn[nH]c3)ccn12. The molecule has 78 valence electrons. The summed E-state index contributed by atoms with van der Waals surface area (Å²) in [6, 6.07) is 3.84. The van der Waals surface area contributed by atoms with Crippen molar-refractivity contribution in [3.63, 3.8) is 0 Å². The first kappa shape index (κ1) is 8.84. The minimum Gasteiger partial charge on any atom is -0.297 e. The third-order valence-electron chi connectivity index (χ3n) is 2.49. The number of carbonyl (C=O) groups is 1. The molecule has 3 aromatic heterocycles. The van der Waals surface area contributed by atoms with E-state index >= 15 is 0 Å². The van der Waals surface area contributed by atoms with Gasteiger partial charge in [0.1, 0.15) is 11.3 Å². The molecule has 0 saturated carbocycles. The normalized spacial score (nSPS) is 10.8. The number of hydrogen-bond acceptors (Lipinski definition) is 3. The molecule has 3 heterocycles. The molecule has 0 aromatic carbocycles. The highest BCUT2D eigenvalue weighted by molar-refractivity contribution is 5.75. The number of H-pyrrole nitrogens is 1. The van der Waals surface area contributed by atoms with Crippen LogP contribution < -0.4 is 0 Å². The second-order valence-corrected chi connectivity index (χ2v) is 3.43. The van der Waals surface area contributed by atoms with Gasteiger partial charge < -0.3 is 0 Å². The number of imidazole rings is 1. The Morgan fingerprint density at radius 3 is 3.00 bits per heavy atom. The van der Waals surface area contributed by atoms with Crippen molar-refractivity contribution in [3.8, 4) is 11.1 Å². The van der Waals surface area contributed by atoms with Crippen LogP contribution in [0.3, 0.4) is 0 Å². The zero-order chi connectivity index (χ0) is 11.0. The first-order chi connectivity index (χ1) is 7.88. The van der Waals surface area contributed by atoms with Crippen LogP contribution in [0.4, 0.5) is 0 Å². The fourth-order valence-corrected chi connectivity index (χ4v) is 1.68. The van der Waals surface area contributed by atoms with Crippen molar-refractivity contribution in [1.29, 1.82) is 0 Å². The maximum atomic E-state index is 10.7. The summed E-state index contributed by atoms with van der Waals surface area (Å²) in [5.74, 6) is 0. The number of aldehydes is 1. The van der Waals surface area contributed by atoms with Gasteiger partial charge in [-0.25, -0.2) is 4.98 Å². The van der Waals surface area contributed by atoms with Gasteiger partial charge in [-0.2, -0.15) is 5.10 Å². The summed E-state index contributed by atoms with van der Waals surface area (Å²) in [5, 5.41) is 6.65. The topological polar surface area (TPSA) is 63.0 Å². The van der Waals surface area contributed by atoms with Crippen LogP contribution in [0.15, 0.2) is 36.9 Å². The average molecular weight is 212 g/mol. The second kappa shape index (κ2) is 3.30. The van der Waals surface area contributed by atoms with Crippen molar-refractivity contribution in [3.05, 3.63) is 42.6 Å². The van der Waals surface area contributed by atoms with Crippen LogP contribution in [0.5, 0.6) is 0 Å². The number of rotatable bonds is 2. The van der Waals surface area contributed by atoms with Crippen LogP contribution in [0.2, 0.25) is 0 Å². The fraction of sp³-hybridized carbons (Fsp3) is 0. The van der Waals surface area contributed by atoms with E-state index in [1.807, 2.05) is 24.5 Å². The van der Waals surface area contributed by atoms with Crippen molar-refractivity contribution < 1.29 is 4.79 Å². The number of aromatic amines is 1. The highest BCUT2D eigenvalue weighted by Crippen LogP contribution is 2.19. The van der Waals surface area contributed by atoms with Crippen LogP contribution >= 0.6 is 0 Å². The van der Waals surface area contributed by atoms with Gasteiger partial charge in [0.15, 0.2) is 6.29 Å². The monoisotopic (exact) mass is 212 g/mol. The van der Waals surface area contributed by atoms with E-state index in [4.69, 9.17) is 0 Å². The summed E-state index contributed by atoms with van der Waals surface area (Å²) in [6.45, 7) is 0. The summed E-state index contributed by atoms with van der Waals surface area (Å²) < 4.78 is 1.75. The van der Waals surface area contributed by atoms with Crippen molar-refractivity contribution in [2.24, 2.45) is 0 Å². The molecule has 16 heavy (non-hydrogen) atoms. The van der Waals surface area contributed by atoms with Crippen LogP contribution in [0.1, 0.15) is 10.5 Å². The quantitative estimate of drug-likeness (QED) is 0.655. The fourth-order valence-electron chi connectivity index (χ4n) is 1.68. The molecule has 0 aliphatic rings. The van der Waals surface area contributed by atoms with E-state index in [2.05, 4.69) is 15.2 Å². The highest BCUT2D eigenvalue weighted by atomic mass is 16.1. The Morgan fingerprint density at radius 1 is 1.31 bits per heavy atom. The number of nitrogens with zero attached hydrogens (tertiary/aromatic N) is 3. The van der Waals surface area contributed by atoms with Crippen LogP contribution in [-0.2, 0) is 0 Å². The zero-order valence-electron chi connectivity index (χ0n) is 8.29. The van der Waals surface area contributed by atoms with Gasteiger partial charge in [0.2, 0.25) is 0 Å². The molecule has 3 rings (SSSR count). The maximum Gasteiger partial charge on any atom is 0.168 e. The molecule has 0 saturated heterocycles. The molecular formula is C11H8N4O. The zero-order valence-corrected chi connectivity index (χ0v) is 8.29. The Hall–Kier alpha value is -2.43. The van der Waals surface area contributed by atoms with Gasteiger partial charge >= 0.3 is 0 Å². The Bertz CT molecular complexity index is 639. The Morgan fingerprint density at radius 2 is 2.25 bits per heavy atom. The first-order valence-corrected chi connectivity index (χ1v) is 4.80. The molecule has 0 bridgehead atoms. The van der Waals surface area contributed by atoms with Crippen molar-refractivity contribution in [2.75, 3.05) is 0 Å². The number of pyridine rings is 1. The first-order valence-electron chi connectivity index (χ1n) is 4.80. The third kappa shape index (κ3) is 1.22. The molecule has 5 heteroatoms. The van der Waals surface area contributed by atoms with Gasteiger partial charge in [0.25, 0.3) is 0 Å². The summed E-state index contributed by atoms with van der Waals surface area (Å²) in [7, 11) is 0. The largest absolute Gasteiger partial charge is 0.297 e. The molecule has 0 aliphatic carbocycles. The summed E-state index contributed by atoms with van der Waals surface area (Å²) >= 11 is 0. The van der Waals surface area contributed by atoms with Gasteiger partial charge in [0.05, 0.1) is 12.4 Å². The van der Waals surface area contributed by atoms with Gasteiger partial charge in [-0.05, 0) is 17.7 Å². The van der Waals surface area contributed by atoms with Gasteiger partial charge in [-0.15, -0.1) is 0 Å². The molecule has 0 atom stereocenters. The molecule has 0 fully saturated rings. The van der Waals surface area contributed by atoms with Gasteiger partial charge in [0, 0.05) is 18.0 Å². The molecular weight excluding hydrogens is 204 g/mol. The van der Waals surface area contributed by atoms with Gasteiger partial charge in [-0.3, -0.25) is 14.3 Å². The van der Waals surface area contributed by atoms with E-state index in [0.29, 0.717) is 5.69 Å². The van der Waals surface area contributed by atoms with E-state index in [1.54, 1.807) is 16.8 Å². The minimum atomic E-state index is 0.550. The smallest absolute Gasteiger partial charge is 0.168 e. The lowest BCUT2D eigenvalue weighted by molar-refractivity contribution is 0.111. The number of nitrogens with one attached hydrogen (secondary N) is 1. The van der Waals surface area contributed by atoms with Crippen LogP contribution in [0, 0.1) is 0 Å².